The first-order chi connectivity index (χ1) is 13.3. The van der Waals surface area contributed by atoms with Crippen LogP contribution in [0.1, 0.15) is 37.4 Å². The molecule has 0 radical (unpaired) electrons. The molecule has 1 heterocycles. The van der Waals surface area contributed by atoms with E-state index >= 15 is 0 Å². The summed E-state index contributed by atoms with van der Waals surface area (Å²) in [6.45, 7) is 3.06. The lowest BCUT2D eigenvalue weighted by Gasteiger charge is -2.20. The first-order valence-electron chi connectivity index (χ1n) is 8.95. The molecule has 0 saturated carbocycles. The molecule has 1 aliphatic heterocycles. The second-order valence-electron chi connectivity index (χ2n) is 6.49. The summed E-state index contributed by atoms with van der Waals surface area (Å²) in [6, 6.07) is 14.4. The zero-order chi connectivity index (χ0) is 20.3. The molecule has 0 bridgehead atoms. The van der Waals surface area contributed by atoms with E-state index in [1.807, 2.05) is 30.3 Å². The number of sulfonamides is 1. The number of hydrogen-bond acceptors (Lipinski definition) is 5. The van der Waals surface area contributed by atoms with E-state index in [-0.39, 0.29) is 17.7 Å². The molecule has 3 rings (SSSR count). The van der Waals surface area contributed by atoms with Crippen molar-refractivity contribution >= 4 is 27.3 Å². The normalized spacial score (nSPS) is 16.6. The molecule has 1 N–H and O–H groups in total. The predicted molar refractivity (Wildman–Crippen MR) is 109 cm³/mol. The molecule has 1 atom stereocenters. The highest BCUT2D eigenvalue weighted by Crippen LogP contribution is 2.34. The second-order valence-corrected chi connectivity index (χ2v) is 8.50. The summed E-state index contributed by atoms with van der Waals surface area (Å²) in [7, 11) is -1.76. The predicted octanol–water partition coefficient (Wildman–Crippen LogP) is 3.15. The average molecular weight is 401 g/mol. The first-order valence-corrected chi connectivity index (χ1v) is 10.6. The lowest BCUT2D eigenvalue weighted by Crippen LogP contribution is -2.24. The van der Waals surface area contributed by atoms with Crippen molar-refractivity contribution in [3.63, 3.8) is 0 Å². The Morgan fingerprint density at radius 3 is 2.57 bits per heavy atom. The van der Waals surface area contributed by atoms with Gasteiger partial charge >= 0.3 is 0 Å². The first kappa shape index (κ1) is 19.9. The number of hydrogen-bond donors (Lipinski definition) is 1. The van der Waals surface area contributed by atoms with E-state index < -0.39 is 10.0 Å². The summed E-state index contributed by atoms with van der Waals surface area (Å²) >= 11 is 0. The van der Waals surface area contributed by atoms with Crippen LogP contribution in [-0.2, 0) is 14.8 Å². The third-order valence-electron chi connectivity index (χ3n) is 4.58. The van der Waals surface area contributed by atoms with E-state index in [0.29, 0.717) is 12.1 Å². The zero-order valence-corrected chi connectivity index (χ0v) is 16.9. The molecule has 28 heavy (non-hydrogen) atoms. The van der Waals surface area contributed by atoms with Gasteiger partial charge in [0.25, 0.3) is 0 Å². The fourth-order valence-electron chi connectivity index (χ4n) is 3.07. The zero-order valence-electron chi connectivity index (χ0n) is 16.0. The van der Waals surface area contributed by atoms with Gasteiger partial charge < -0.3 is 4.74 Å². The van der Waals surface area contributed by atoms with Crippen LogP contribution in [0.4, 0.5) is 5.69 Å². The third-order valence-corrected chi connectivity index (χ3v) is 5.89. The fourth-order valence-corrected chi connectivity index (χ4v) is 3.71. The molecule has 0 aliphatic carbocycles. The number of rotatable bonds is 6. The Morgan fingerprint density at radius 1 is 1.25 bits per heavy atom. The molecule has 7 nitrogen and oxygen atoms in total. The number of carbonyl (C=O) groups excluding carboxylic acids is 1. The minimum Gasteiger partial charge on any atom is -0.497 e. The smallest absolute Gasteiger partial charge is 0.240 e. The van der Waals surface area contributed by atoms with Gasteiger partial charge in [-0.25, -0.2) is 13.4 Å². The maximum absolute atomic E-state index is 12.1. The molecular formula is C20H23N3O4S. The van der Waals surface area contributed by atoms with Gasteiger partial charge in [0.15, 0.2) is 0 Å². The average Bonchev–Trinajstić information content (AvgIpc) is 3.14. The van der Waals surface area contributed by atoms with E-state index in [1.165, 1.54) is 11.9 Å². The van der Waals surface area contributed by atoms with Crippen molar-refractivity contribution in [1.29, 1.82) is 0 Å². The quantitative estimate of drug-likeness (QED) is 0.805. The topological polar surface area (TPSA) is 88.1 Å². The Bertz CT molecular complexity index is 1000. The Labute approximate surface area is 165 Å². The molecule has 0 aromatic heterocycles. The fraction of sp³-hybridized carbons (Fsp3) is 0.300. The van der Waals surface area contributed by atoms with Crippen molar-refractivity contribution < 1.29 is 17.9 Å². The molecule has 2 aromatic carbocycles. The number of benzene rings is 2. The Hall–Kier alpha value is -2.87. The van der Waals surface area contributed by atoms with Gasteiger partial charge in [0.2, 0.25) is 15.9 Å². The molecule has 8 heteroatoms. The van der Waals surface area contributed by atoms with Crippen molar-refractivity contribution in [2.45, 2.75) is 26.3 Å². The molecule has 0 unspecified atom stereocenters. The summed E-state index contributed by atoms with van der Waals surface area (Å²) in [4.78, 5) is 12.1. The van der Waals surface area contributed by atoms with Crippen LogP contribution in [-0.4, -0.2) is 37.9 Å². The molecule has 1 aliphatic rings. The molecule has 0 fully saturated rings. The van der Waals surface area contributed by atoms with Crippen molar-refractivity contribution in [2.75, 3.05) is 17.6 Å². The van der Waals surface area contributed by atoms with Crippen LogP contribution in [0.15, 0.2) is 53.6 Å². The number of amides is 1. The second kappa shape index (κ2) is 8.02. The minimum absolute atomic E-state index is 0.00413. The van der Waals surface area contributed by atoms with E-state index in [4.69, 9.17) is 4.74 Å². The minimum atomic E-state index is -3.36. The van der Waals surface area contributed by atoms with E-state index in [2.05, 4.69) is 9.82 Å². The highest BCUT2D eigenvalue weighted by molar-refractivity contribution is 7.92. The molecule has 0 spiro atoms. The highest BCUT2D eigenvalue weighted by atomic mass is 32.2. The molecule has 2 aromatic rings. The monoisotopic (exact) mass is 401 g/mol. The number of anilines is 1. The summed E-state index contributed by atoms with van der Waals surface area (Å²) in [5.41, 5.74) is 2.94. The molecule has 0 saturated heterocycles. The number of nitrogens with zero attached hydrogens (tertiary/aromatic N) is 2. The van der Waals surface area contributed by atoms with Gasteiger partial charge in [-0.15, -0.1) is 0 Å². The van der Waals surface area contributed by atoms with Gasteiger partial charge in [-0.05, 0) is 42.3 Å². The van der Waals surface area contributed by atoms with Crippen molar-refractivity contribution in [3.05, 3.63) is 59.7 Å². The summed E-state index contributed by atoms with van der Waals surface area (Å²) in [5.74, 6) is 0.586. The highest BCUT2D eigenvalue weighted by Gasteiger charge is 2.31. The van der Waals surface area contributed by atoms with Crippen LogP contribution in [0.2, 0.25) is 0 Å². The van der Waals surface area contributed by atoms with Crippen LogP contribution in [0.5, 0.6) is 5.75 Å². The van der Waals surface area contributed by atoms with Crippen LogP contribution in [0.25, 0.3) is 0 Å². The summed E-state index contributed by atoms with van der Waals surface area (Å²) in [6.07, 6.45) is 0.538. The molecule has 148 valence electrons. The van der Waals surface area contributed by atoms with Gasteiger partial charge in [-0.1, -0.05) is 24.3 Å². The van der Waals surface area contributed by atoms with E-state index in [9.17, 15) is 13.2 Å². The maximum atomic E-state index is 12.1. The van der Waals surface area contributed by atoms with Crippen LogP contribution in [0, 0.1) is 0 Å². The lowest BCUT2D eigenvalue weighted by molar-refractivity contribution is -0.130. The van der Waals surface area contributed by atoms with Gasteiger partial charge in [0.1, 0.15) is 5.75 Å². The van der Waals surface area contributed by atoms with E-state index in [1.54, 1.807) is 32.2 Å². The summed E-state index contributed by atoms with van der Waals surface area (Å²) < 4.78 is 31.4. The number of methoxy groups -OCH3 is 1. The van der Waals surface area contributed by atoms with Crippen molar-refractivity contribution in [1.82, 2.24) is 5.01 Å². The Balaban J connectivity index is 1.88. The number of carbonyl (C=O) groups is 1. The van der Waals surface area contributed by atoms with Gasteiger partial charge in [-0.2, -0.15) is 5.10 Å². The van der Waals surface area contributed by atoms with Crippen LogP contribution >= 0.6 is 0 Å². The standard InChI is InChI=1S/C20H23N3O4S/c1-4-28(25,26)22-17-7-5-6-16(12-17)19-13-20(23(21-19)14(2)24)15-8-10-18(27-3)11-9-15/h5-12,20,22H,4,13H2,1-3H3/t20-/m1/s1. The van der Waals surface area contributed by atoms with Crippen molar-refractivity contribution in [3.8, 4) is 5.75 Å². The number of ether oxygens (including phenoxy) is 1. The van der Waals surface area contributed by atoms with Crippen molar-refractivity contribution in [2.24, 2.45) is 5.10 Å². The molecular weight excluding hydrogens is 378 g/mol. The summed E-state index contributed by atoms with van der Waals surface area (Å²) in [5, 5.41) is 5.98. The van der Waals surface area contributed by atoms with Gasteiger partial charge in [0, 0.05) is 19.0 Å². The van der Waals surface area contributed by atoms with E-state index in [0.717, 1.165) is 22.6 Å². The Kier molecular flexibility index (Phi) is 5.69. The molecule has 1 amide bonds. The van der Waals surface area contributed by atoms with Gasteiger partial charge in [-0.3, -0.25) is 9.52 Å². The number of nitrogens with one attached hydrogen (secondary N) is 1. The number of hydrazone groups is 1. The third kappa shape index (κ3) is 4.33. The largest absolute Gasteiger partial charge is 0.497 e. The SMILES string of the molecule is CCS(=O)(=O)Nc1cccc(C2=NN(C(C)=O)[C@@H](c3ccc(OC)cc3)C2)c1. The van der Waals surface area contributed by atoms with Gasteiger partial charge in [0.05, 0.1) is 24.6 Å². The Morgan fingerprint density at radius 2 is 1.96 bits per heavy atom. The lowest BCUT2D eigenvalue weighted by atomic mass is 9.98. The van der Waals surface area contributed by atoms with Crippen LogP contribution < -0.4 is 9.46 Å². The van der Waals surface area contributed by atoms with Crippen LogP contribution in [0.3, 0.4) is 0 Å². The maximum Gasteiger partial charge on any atom is 0.240 e.